The van der Waals surface area contributed by atoms with Gasteiger partial charge < -0.3 is 4.90 Å². The Kier molecular flexibility index (Phi) is 3.65. The lowest BCUT2D eigenvalue weighted by molar-refractivity contribution is -0.128. The predicted molar refractivity (Wildman–Crippen MR) is 68.1 cm³/mol. The molecule has 0 radical (unpaired) electrons. The van der Waals surface area contributed by atoms with Gasteiger partial charge in [-0.3, -0.25) is 14.5 Å². The van der Waals surface area contributed by atoms with Crippen LogP contribution in [0.15, 0.2) is 5.10 Å². The first-order chi connectivity index (χ1) is 8.49. The van der Waals surface area contributed by atoms with E-state index in [-0.39, 0.29) is 11.8 Å². The van der Waals surface area contributed by atoms with E-state index in [1.54, 1.807) is 0 Å². The molecular formula is C12H20N4O2. The summed E-state index contributed by atoms with van der Waals surface area (Å²) in [7, 11) is 2.08. The van der Waals surface area contributed by atoms with Gasteiger partial charge in [0.05, 0.1) is 0 Å². The molecule has 0 aliphatic carbocycles. The lowest BCUT2D eigenvalue weighted by Gasteiger charge is -2.42. The van der Waals surface area contributed by atoms with Gasteiger partial charge in [0.15, 0.2) is 0 Å². The molecule has 2 heterocycles. The highest BCUT2D eigenvalue weighted by Gasteiger charge is 2.32. The molecule has 2 aliphatic rings. The van der Waals surface area contributed by atoms with Crippen LogP contribution >= 0.6 is 0 Å². The quantitative estimate of drug-likeness (QED) is 0.703. The molecule has 100 valence electrons. The molecule has 2 unspecified atom stereocenters. The molecule has 2 atom stereocenters. The van der Waals surface area contributed by atoms with E-state index in [0.717, 1.165) is 0 Å². The van der Waals surface area contributed by atoms with E-state index < -0.39 is 0 Å². The van der Waals surface area contributed by atoms with E-state index in [0.29, 0.717) is 43.7 Å². The van der Waals surface area contributed by atoms with Crippen molar-refractivity contribution in [3.05, 3.63) is 0 Å². The summed E-state index contributed by atoms with van der Waals surface area (Å²) in [5, 5.41) is 3.87. The van der Waals surface area contributed by atoms with Gasteiger partial charge in [0.25, 0.3) is 5.91 Å². The third kappa shape index (κ3) is 2.53. The smallest absolute Gasteiger partial charge is 0.270 e. The average Bonchev–Trinajstić information content (AvgIpc) is 2.35. The van der Waals surface area contributed by atoms with Crippen LogP contribution in [0, 0.1) is 0 Å². The molecule has 1 fully saturated rings. The third-order valence-electron chi connectivity index (χ3n) is 3.80. The van der Waals surface area contributed by atoms with Crippen LogP contribution in [0.1, 0.15) is 26.7 Å². The van der Waals surface area contributed by atoms with E-state index >= 15 is 0 Å². The molecule has 0 aromatic heterocycles. The van der Waals surface area contributed by atoms with Crippen LogP contribution in [0.3, 0.4) is 0 Å². The van der Waals surface area contributed by atoms with Crippen molar-refractivity contribution in [2.75, 3.05) is 20.1 Å². The Morgan fingerprint density at radius 2 is 1.89 bits per heavy atom. The molecule has 2 aliphatic heterocycles. The van der Waals surface area contributed by atoms with Crippen molar-refractivity contribution in [3.8, 4) is 0 Å². The molecule has 2 rings (SSSR count). The number of hydrazone groups is 1. The van der Waals surface area contributed by atoms with Gasteiger partial charge in [-0.15, -0.1) is 0 Å². The van der Waals surface area contributed by atoms with Gasteiger partial charge in [-0.25, -0.2) is 5.43 Å². The Bertz CT molecular complexity index is 382. The maximum atomic E-state index is 12.3. The third-order valence-corrected chi connectivity index (χ3v) is 3.80. The van der Waals surface area contributed by atoms with Crippen LogP contribution < -0.4 is 5.43 Å². The van der Waals surface area contributed by atoms with Crippen molar-refractivity contribution < 1.29 is 9.59 Å². The van der Waals surface area contributed by atoms with E-state index in [1.807, 2.05) is 4.90 Å². The Hall–Kier alpha value is -1.43. The first kappa shape index (κ1) is 13.0. The summed E-state index contributed by atoms with van der Waals surface area (Å²) < 4.78 is 0. The second-order valence-electron chi connectivity index (χ2n) is 5.17. The molecule has 6 nitrogen and oxygen atoms in total. The number of likely N-dealkylation sites (N-methyl/N-ethyl adjacent to an activating group) is 1. The molecule has 6 heteroatoms. The summed E-state index contributed by atoms with van der Waals surface area (Å²) in [5.41, 5.74) is 2.85. The molecule has 0 saturated carbocycles. The van der Waals surface area contributed by atoms with Gasteiger partial charge in [-0.1, -0.05) is 0 Å². The number of piperazine rings is 1. The van der Waals surface area contributed by atoms with Gasteiger partial charge in [0.2, 0.25) is 5.91 Å². The largest absolute Gasteiger partial charge is 0.334 e. The number of hydrogen-bond donors (Lipinski definition) is 1. The molecule has 1 N–H and O–H groups in total. The predicted octanol–water partition coefficient (Wildman–Crippen LogP) is -0.197. The van der Waals surface area contributed by atoms with Gasteiger partial charge in [-0.2, -0.15) is 5.10 Å². The number of carbonyl (C=O) groups is 2. The molecule has 0 aromatic carbocycles. The zero-order chi connectivity index (χ0) is 13.3. The zero-order valence-corrected chi connectivity index (χ0v) is 11.1. The first-order valence-electron chi connectivity index (χ1n) is 6.35. The van der Waals surface area contributed by atoms with Crippen molar-refractivity contribution in [2.45, 2.75) is 38.8 Å². The number of nitrogens with zero attached hydrogens (tertiary/aromatic N) is 3. The number of hydrogen-bond acceptors (Lipinski definition) is 4. The number of nitrogens with one attached hydrogen (secondary N) is 1. The Balaban J connectivity index is 2.03. The Morgan fingerprint density at radius 1 is 1.28 bits per heavy atom. The lowest BCUT2D eigenvalue weighted by atomic mass is 10.1. The van der Waals surface area contributed by atoms with Crippen LogP contribution in [-0.2, 0) is 9.59 Å². The summed E-state index contributed by atoms with van der Waals surface area (Å²) in [6.45, 7) is 5.65. The van der Waals surface area contributed by atoms with Crippen molar-refractivity contribution in [2.24, 2.45) is 5.10 Å². The summed E-state index contributed by atoms with van der Waals surface area (Å²) >= 11 is 0. The molecule has 0 spiro atoms. The van der Waals surface area contributed by atoms with Crippen LogP contribution in [0.25, 0.3) is 0 Å². The normalized spacial score (nSPS) is 29.8. The van der Waals surface area contributed by atoms with Crippen molar-refractivity contribution in [3.63, 3.8) is 0 Å². The SMILES string of the molecule is CC1CN(C(=O)C2=NNC(=O)CC2)CC(C)N1C. The maximum Gasteiger partial charge on any atom is 0.270 e. The minimum atomic E-state index is -0.119. The summed E-state index contributed by atoms with van der Waals surface area (Å²) in [6.07, 6.45) is 0.795. The minimum Gasteiger partial charge on any atom is -0.334 e. The van der Waals surface area contributed by atoms with Crippen LogP contribution in [0.5, 0.6) is 0 Å². The number of rotatable bonds is 1. The Labute approximate surface area is 107 Å². The highest BCUT2D eigenvalue weighted by atomic mass is 16.2. The summed E-state index contributed by atoms with van der Waals surface area (Å²) in [4.78, 5) is 27.4. The molecule has 1 saturated heterocycles. The van der Waals surface area contributed by atoms with Crippen LogP contribution in [-0.4, -0.2) is 59.5 Å². The molecule has 0 bridgehead atoms. The van der Waals surface area contributed by atoms with Crippen LogP contribution in [0.4, 0.5) is 0 Å². The van der Waals surface area contributed by atoms with Gasteiger partial charge >= 0.3 is 0 Å². The fraction of sp³-hybridized carbons (Fsp3) is 0.750. The van der Waals surface area contributed by atoms with Crippen molar-refractivity contribution in [1.82, 2.24) is 15.2 Å². The summed E-state index contributed by atoms with van der Waals surface area (Å²) in [6, 6.07) is 0.688. The second-order valence-corrected chi connectivity index (χ2v) is 5.17. The van der Waals surface area contributed by atoms with E-state index in [4.69, 9.17) is 0 Å². The average molecular weight is 252 g/mol. The molecular weight excluding hydrogens is 232 g/mol. The van der Waals surface area contributed by atoms with Crippen molar-refractivity contribution in [1.29, 1.82) is 0 Å². The minimum absolute atomic E-state index is 0.0400. The van der Waals surface area contributed by atoms with E-state index in [2.05, 4.69) is 36.3 Å². The van der Waals surface area contributed by atoms with Gasteiger partial charge in [0.1, 0.15) is 5.71 Å². The molecule has 18 heavy (non-hydrogen) atoms. The number of carbonyl (C=O) groups excluding carboxylic acids is 2. The fourth-order valence-electron chi connectivity index (χ4n) is 2.38. The molecule has 0 aromatic rings. The zero-order valence-electron chi connectivity index (χ0n) is 11.1. The standard InChI is InChI=1S/C12H20N4O2/c1-8-6-16(7-9(2)15(8)3)12(18)10-4-5-11(17)14-13-10/h8-9H,4-7H2,1-3H3,(H,14,17). The highest BCUT2D eigenvalue weighted by Crippen LogP contribution is 2.15. The second kappa shape index (κ2) is 5.06. The van der Waals surface area contributed by atoms with E-state index in [9.17, 15) is 9.59 Å². The summed E-state index contributed by atoms with van der Waals surface area (Å²) in [5.74, 6) is -0.159. The monoisotopic (exact) mass is 252 g/mol. The number of amides is 2. The van der Waals surface area contributed by atoms with Crippen LogP contribution in [0.2, 0.25) is 0 Å². The lowest BCUT2D eigenvalue weighted by Crippen LogP contribution is -2.57. The van der Waals surface area contributed by atoms with Crippen molar-refractivity contribution >= 4 is 17.5 Å². The maximum absolute atomic E-state index is 12.3. The topological polar surface area (TPSA) is 65.0 Å². The first-order valence-corrected chi connectivity index (χ1v) is 6.35. The van der Waals surface area contributed by atoms with E-state index in [1.165, 1.54) is 0 Å². The fourth-order valence-corrected chi connectivity index (χ4v) is 2.38. The van der Waals surface area contributed by atoms with Gasteiger partial charge in [0, 0.05) is 38.0 Å². The molecule has 2 amide bonds. The highest BCUT2D eigenvalue weighted by molar-refractivity contribution is 6.39. The Morgan fingerprint density at radius 3 is 2.39 bits per heavy atom. The van der Waals surface area contributed by atoms with Gasteiger partial charge in [-0.05, 0) is 20.9 Å².